The number of aryl methyl sites for hydroxylation is 1. The van der Waals surface area contributed by atoms with E-state index in [1.54, 1.807) is 6.92 Å². The van der Waals surface area contributed by atoms with Gasteiger partial charge in [-0.25, -0.2) is 4.98 Å². The minimum Gasteiger partial charge on any atom is -0.471 e. The largest absolute Gasteiger partial charge is 0.471 e. The highest BCUT2D eigenvalue weighted by Crippen LogP contribution is 2.28. The zero-order valence-electron chi connectivity index (χ0n) is 11.6. The topological polar surface area (TPSA) is 93.4 Å². The SMILES string of the molecule is CCNc1nc(C)c([N+](=O)[O-])c(OCCN(C)C)n1. The van der Waals surface area contributed by atoms with E-state index in [0.717, 1.165) is 0 Å². The van der Waals surface area contributed by atoms with E-state index >= 15 is 0 Å². The molecule has 1 aromatic rings. The predicted molar refractivity (Wildman–Crippen MR) is 71.6 cm³/mol. The molecule has 8 heteroatoms. The van der Waals surface area contributed by atoms with Crippen molar-refractivity contribution in [1.82, 2.24) is 14.9 Å². The Bertz CT molecular complexity index is 450. The molecule has 8 nitrogen and oxygen atoms in total. The highest BCUT2D eigenvalue weighted by molar-refractivity contribution is 5.48. The number of likely N-dealkylation sites (N-methyl/N-ethyl adjacent to an activating group) is 1. The van der Waals surface area contributed by atoms with Gasteiger partial charge in [-0.3, -0.25) is 10.1 Å². The molecule has 19 heavy (non-hydrogen) atoms. The summed E-state index contributed by atoms with van der Waals surface area (Å²) >= 11 is 0. The smallest absolute Gasteiger partial charge is 0.352 e. The molecule has 0 bridgehead atoms. The first kappa shape index (κ1) is 15.1. The number of hydrogen-bond acceptors (Lipinski definition) is 7. The summed E-state index contributed by atoms with van der Waals surface area (Å²) in [4.78, 5) is 20.5. The summed E-state index contributed by atoms with van der Waals surface area (Å²) < 4.78 is 5.40. The van der Waals surface area contributed by atoms with Crippen LogP contribution >= 0.6 is 0 Å². The monoisotopic (exact) mass is 269 g/mol. The van der Waals surface area contributed by atoms with Crippen LogP contribution < -0.4 is 10.1 Å². The van der Waals surface area contributed by atoms with Crippen molar-refractivity contribution in [2.45, 2.75) is 13.8 Å². The molecule has 1 heterocycles. The normalized spacial score (nSPS) is 10.6. The van der Waals surface area contributed by atoms with Crippen LogP contribution in [0.1, 0.15) is 12.6 Å². The standard InChI is InChI=1S/C11H19N5O3/c1-5-12-11-13-8(2)9(16(17)18)10(14-11)19-7-6-15(3)4/h5-7H2,1-4H3,(H,12,13,14). The van der Waals surface area contributed by atoms with Crippen LogP contribution in [0.25, 0.3) is 0 Å². The first-order valence-electron chi connectivity index (χ1n) is 6.00. The van der Waals surface area contributed by atoms with Gasteiger partial charge in [-0.15, -0.1) is 0 Å². The van der Waals surface area contributed by atoms with Crippen molar-refractivity contribution in [2.24, 2.45) is 0 Å². The molecule has 0 aliphatic heterocycles. The molecule has 0 aromatic carbocycles. The van der Waals surface area contributed by atoms with Crippen molar-refractivity contribution < 1.29 is 9.66 Å². The zero-order valence-corrected chi connectivity index (χ0v) is 11.6. The lowest BCUT2D eigenvalue weighted by atomic mass is 10.3. The van der Waals surface area contributed by atoms with E-state index in [2.05, 4.69) is 15.3 Å². The fourth-order valence-electron chi connectivity index (χ4n) is 1.41. The molecule has 1 aromatic heterocycles. The first-order valence-corrected chi connectivity index (χ1v) is 6.00. The average molecular weight is 269 g/mol. The van der Waals surface area contributed by atoms with Crippen molar-refractivity contribution in [3.8, 4) is 5.88 Å². The fraction of sp³-hybridized carbons (Fsp3) is 0.636. The van der Waals surface area contributed by atoms with Gasteiger partial charge in [0.1, 0.15) is 12.3 Å². The number of ether oxygens (including phenoxy) is 1. The molecule has 0 saturated heterocycles. The maximum Gasteiger partial charge on any atom is 0.352 e. The van der Waals surface area contributed by atoms with Gasteiger partial charge in [0.15, 0.2) is 0 Å². The Labute approximate surface area is 112 Å². The van der Waals surface area contributed by atoms with E-state index in [1.165, 1.54) is 0 Å². The molecule has 1 N–H and O–H groups in total. The van der Waals surface area contributed by atoms with Gasteiger partial charge in [0.25, 0.3) is 5.88 Å². The van der Waals surface area contributed by atoms with Gasteiger partial charge in [-0.05, 0) is 27.9 Å². The summed E-state index contributed by atoms with van der Waals surface area (Å²) in [5, 5.41) is 13.9. The highest BCUT2D eigenvalue weighted by Gasteiger charge is 2.23. The van der Waals surface area contributed by atoms with Gasteiger partial charge < -0.3 is 15.0 Å². The molecule has 0 unspecified atom stereocenters. The Morgan fingerprint density at radius 2 is 2.11 bits per heavy atom. The molecular formula is C11H19N5O3. The van der Waals surface area contributed by atoms with Gasteiger partial charge in [0.2, 0.25) is 5.95 Å². The number of hydrogen-bond donors (Lipinski definition) is 1. The van der Waals surface area contributed by atoms with E-state index in [4.69, 9.17) is 4.74 Å². The van der Waals surface area contributed by atoms with E-state index in [9.17, 15) is 10.1 Å². The molecular weight excluding hydrogens is 250 g/mol. The summed E-state index contributed by atoms with van der Waals surface area (Å²) in [6.45, 7) is 5.08. The Kier molecular flexibility index (Phi) is 5.43. The van der Waals surface area contributed by atoms with Crippen LogP contribution in [-0.4, -0.2) is 53.6 Å². The molecule has 0 amide bonds. The Morgan fingerprint density at radius 1 is 1.42 bits per heavy atom. The molecule has 106 valence electrons. The molecule has 1 rings (SSSR count). The highest BCUT2D eigenvalue weighted by atomic mass is 16.6. The summed E-state index contributed by atoms with van der Waals surface area (Å²) in [5.74, 6) is 0.348. The quantitative estimate of drug-likeness (QED) is 0.584. The molecule has 0 saturated carbocycles. The molecule has 0 fully saturated rings. The number of nitrogens with one attached hydrogen (secondary N) is 1. The van der Waals surface area contributed by atoms with E-state index in [1.807, 2.05) is 25.9 Å². The van der Waals surface area contributed by atoms with Gasteiger partial charge in [0.05, 0.1) is 4.92 Å². The third kappa shape index (κ3) is 4.32. The molecule has 0 aliphatic carbocycles. The number of nitro groups is 1. The van der Waals surface area contributed by atoms with Crippen LogP contribution in [0, 0.1) is 17.0 Å². The Morgan fingerprint density at radius 3 is 2.63 bits per heavy atom. The van der Waals surface area contributed by atoms with Crippen LogP contribution in [0.2, 0.25) is 0 Å². The Hall–Kier alpha value is -1.96. The lowest BCUT2D eigenvalue weighted by Crippen LogP contribution is -2.20. The van der Waals surface area contributed by atoms with Crippen LogP contribution in [0.4, 0.5) is 11.6 Å². The van der Waals surface area contributed by atoms with Crippen molar-refractivity contribution in [3.05, 3.63) is 15.8 Å². The second-order valence-corrected chi connectivity index (χ2v) is 4.23. The summed E-state index contributed by atoms with van der Waals surface area (Å²) in [5.41, 5.74) is 0.108. The fourth-order valence-corrected chi connectivity index (χ4v) is 1.41. The lowest BCUT2D eigenvalue weighted by molar-refractivity contribution is -0.387. The Balaban J connectivity index is 2.99. The van der Waals surface area contributed by atoms with Crippen molar-refractivity contribution in [2.75, 3.05) is 39.1 Å². The number of rotatable bonds is 7. The minimum absolute atomic E-state index is 0.00954. The molecule has 0 aliphatic rings. The van der Waals surface area contributed by atoms with Gasteiger partial charge >= 0.3 is 5.69 Å². The zero-order chi connectivity index (χ0) is 14.4. The molecule has 0 spiro atoms. The summed E-state index contributed by atoms with van der Waals surface area (Å²) in [6, 6.07) is 0. The average Bonchev–Trinajstić information content (AvgIpc) is 2.27. The minimum atomic E-state index is -0.518. The third-order valence-corrected chi connectivity index (χ3v) is 2.32. The maximum atomic E-state index is 11.0. The van der Waals surface area contributed by atoms with Crippen LogP contribution in [-0.2, 0) is 0 Å². The van der Waals surface area contributed by atoms with E-state index in [0.29, 0.717) is 25.6 Å². The maximum absolute atomic E-state index is 11.0. The van der Waals surface area contributed by atoms with Gasteiger partial charge in [-0.2, -0.15) is 4.98 Å². The summed E-state index contributed by atoms with van der Waals surface area (Å²) in [7, 11) is 3.79. The van der Waals surface area contributed by atoms with Crippen LogP contribution in [0.15, 0.2) is 0 Å². The van der Waals surface area contributed by atoms with Gasteiger partial charge in [0, 0.05) is 13.1 Å². The number of nitrogens with zero attached hydrogens (tertiary/aromatic N) is 4. The van der Waals surface area contributed by atoms with Crippen molar-refractivity contribution >= 4 is 11.6 Å². The van der Waals surface area contributed by atoms with Crippen molar-refractivity contribution in [1.29, 1.82) is 0 Å². The molecule has 0 radical (unpaired) electrons. The first-order chi connectivity index (χ1) is 8.95. The molecule has 0 atom stereocenters. The van der Waals surface area contributed by atoms with Crippen LogP contribution in [0.3, 0.4) is 0 Å². The number of aromatic nitrogens is 2. The van der Waals surface area contributed by atoms with Crippen LogP contribution in [0.5, 0.6) is 5.88 Å². The third-order valence-electron chi connectivity index (χ3n) is 2.32. The summed E-state index contributed by atoms with van der Waals surface area (Å²) in [6.07, 6.45) is 0. The van der Waals surface area contributed by atoms with E-state index < -0.39 is 4.92 Å². The second kappa shape index (κ2) is 6.83. The van der Waals surface area contributed by atoms with Crippen molar-refractivity contribution in [3.63, 3.8) is 0 Å². The van der Waals surface area contributed by atoms with E-state index in [-0.39, 0.29) is 17.3 Å². The van der Waals surface area contributed by atoms with Gasteiger partial charge in [-0.1, -0.05) is 0 Å². The lowest BCUT2D eigenvalue weighted by Gasteiger charge is -2.12. The second-order valence-electron chi connectivity index (χ2n) is 4.23. The number of anilines is 1. The predicted octanol–water partition coefficient (Wildman–Crippen LogP) is 1.07.